The summed E-state index contributed by atoms with van der Waals surface area (Å²) in [6.45, 7) is 10.5. The summed E-state index contributed by atoms with van der Waals surface area (Å²) < 4.78 is 5.74. The highest BCUT2D eigenvalue weighted by atomic mass is 16.5. The molecule has 1 N–H and O–H groups in total. The van der Waals surface area contributed by atoms with Crippen LogP contribution in [0.5, 0.6) is 5.75 Å². The SMILES string of the molecule is CCNC(CC(C)CC)c1ccccc1OCC. The van der Waals surface area contributed by atoms with Gasteiger partial charge in [-0.05, 0) is 31.9 Å². The Morgan fingerprint density at radius 1 is 1.17 bits per heavy atom. The molecule has 0 aromatic heterocycles. The lowest BCUT2D eigenvalue weighted by Gasteiger charge is -2.23. The molecule has 0 spiro atoms. The van der Waals surface area contributed by atoms with Gasteiger partial charge in [0, 0.05) is 11.6 Å². The van der Waals surface area contributed by atoms with Gasteiger partial charge in [-0.2, -0.15) is 0 Å². The van der Waals surface area contributed by atoms with Crippen LogP contribution in [0, 0.1) is 5.92 Å². The Bertz CT molecular complexity index is 338. The third-order valence-corrected chi connectivity index (χ3v) is 3.38. The van der Waals surface area contributed by atoms with Crippen molar-refractivity contribution in [1.82, 2.24) is 5.32 Å². The molecule has 0 bridgehead atoms. The van der Waals surface area contributed by atoms with Gasteiger partial charge < -0.3 is 10.1 Å². The molecular weight excluding hydrogens is 222 g/mol. The first-order valence-corrected chi connectivity index (χ1v) is 7.17. The zero-order valence-electron chi connectivity index (χ0n) is 12.2. The first-order chi connectivity index (χ1) is 8.72. The topological polar surface area (TPSA) is 21.3 Å². The number of benzene rings is 1. The highest BCUT2D eigenvalue weighted by Gasteiger charge is 2.17. The van der Waals surface area contributed by atoms with Crippen molar-refractivity contribution in [3.8, 4) is 5.75 Å². The van der Waals surface area contributed by atoms with Crippen LogP contribution in [-0.4, -0.2) is 13.2 Å². The van der Waals surface area contributed by atoms with Gasteiger partial charge >= 0.3 is 0 Å². The zero-order chi connectivity index (χ0) is 13.4. The smallest absolute Gasteiger partial charge is 0.124 e. The standard InChI is InChI=1S/C16H27NO/c1-5-13(4)12-15(17-6-2)14-10-8-9-11-16(14)18-7-3/h8-11,13,15,17H,5-7,12H2,1-4H3. The Morgan fingerprint density at radius 2 is 1.89 bits per heavy atom. The fourth-order valence-corrected chi connectivity index (χ4v) is 2.19. The minimum absolute atomic E-state index is 0.396. The van der Waals surface area contributed by atoms with Gasteiger partial charge in [0.15, 0.2) is 0 Å². The summed E-state index contributed by atoms with van der Waals surface area (Å²) in [6.07, 6.45) is 2.38. The molecule has 0 fully saturated rings. The van der Waals surface area contributed by atoms with E-state index in [1.807, 2.05) is 13.0 Å². The highest BCUT2D eigenvalue weighted by molar-refractivity contribution is 5.36. The monoisotopic (exact) mass is 249 g/mol. The van der Waals surface area contributed by atoms with Crippen LogP contribution in [-0.2, 0) is 0 Å². The third-order valence-electron chi connectivity index (χ3n) is 3.38. The Morgan fingerprint density at radius 3 is 2.50 bits per heavy atom. The average Bonchev–Trinajstić information content (AvgIpc) is 2.39. The van der Waals surface area contributed by atoms with Crippen LogP contribution >= 0.6 is 0 Å². The van der Waals surface area contributed by atoms with Crippen molar-refractivity contribution in [2.75, 3.05) is 13.2 Å². The van der Waals surface area contributed by atoms with Crippen LogP contribution in [0.2, 0.25) is 0 Å². The maximum atomic E-state index is 5.74. The molecule has 0 saturated heterocycles. The normalized spacial score (nSPS) is 14.2. The summed E-state index contributed by atoms with van der Waals surface area (Å²) in [5.74, 6) is 1.75. The van der Waals surface area contributed by atoms with E-state index in [1.54, 1.807) is 0 Å². The van der Waals surface area contributed by atoms with Gasteiger partial charge in [-0.25, -0.2) is 0 Å². The van der Waals surface area contributed by atoms with E-state index >= 15 is 0 Å². The van der Waals surface area contributed by atoms with Gasteiger partial charge in [-0.3, -0.25) is 0 Å². The largest absolute Gasteiger partial charge is 0.494 e. The van der Waals surface area contributed by atoms with Gasteiger partial charge in [-0.1, -0.05) is 45.4 Å². The number of hydrogen-bond acceptors (Lipinski definition) is 2. The van der Waals surface area contributed by atoms with E-state index in [0.29, 0.717) is 6.04 Å². The lowest BCUT2D eigenvalue weighted by atomic mass is 9.93. The predicted molar refractivity (Wildman–Crippen MR) is 78.1 cm³/mol. The molecule has 0 aliphatic carbocycles. The van der Waals surface area contributed by atoms with E-state index in [1.165, 1.54) is 12.0 Å². The summed E-state index contributed by atoms with van der Waals surface area (Å²) in [7, 11) is 0. The van der Waals surface area contributed by atoms with Crippen molar-refractivity contribution < 1.29 is 4.74 Å². The third kappa shape index (κ3) is 4.34. The second kappa shape index (κ2) is 8.15. The summed E-state index contributed by atoms with van der Waals surface area (Å²) in [6, 6.07) is 8.78. The highest BCUT2D eigenvalue weighted by Crippen LogP contribution is 2.30. The van der Waals surface area contributed by atoms with Crippen molar-refractivity contribution in [2.24, 2.45) is 5.92 Å². The van der Waals surface area contributed by atoms with Crippen LogP contribution in [0.1, 0.15) is 52.1 Å². The summed E-state index contributed by atoms with van der Waals surface area (Å²) in [4.78, 5) is 0. The van der Waals surface area contributed by atoms with Gasteiger partial charge in [0.2, 0.25) is 0 Å². The number of para-hydroxylation sites is 1. The molecule has 0 heterocycles. The molecule has 1 aromatic carbocycles. The van der Waals surface area contributed by atoms with Crippen LogP contribution in [0.4, 0.5) is 0 Å². The van der Waals surface area contributed by atoms with Gasteiger partial charge in [-0.15, -0.1) is 0 Å². The van der Waals surface area contributed by atoms with Crippen LogP contribution in [0.3, 0.4) is 0 Å². The van der Waals surface area contributed by atoms with Gasteiger partial charge in [0.05, 0.1) is 6.61 Å². The summed E-state index contributed by atoms with van der Waals surface area (Å²) in [5.41, 5.74) is 1.29. The van der Waals surface area contributed by atoms with Crippen LogP contribution in [0.25, 0.3) is 0 Å². The van der Waals surface area contributed by atoms with Crippen molar-refractivity contribution in [2.45, 2.75) is 46.6 Å². The Kier molecular flexibility index (Phi) is 6.81. The number of ether oxygens (including phenoxy) is 1. The maximum absolute atomic E-state index is 5.74. The van der Waals surface area contributed by atoms with E-state index in [0.717, 1.165) is 31.2 Å². The average molecular weight is 249 g/mol. The minimum atomic E-state index is 0.396. The van der Waals surface area contributed by atoms with Gasteiger partial charge in [0.1, 0.15) is 5.75 Å². The fourth-order valence-electron chi connectivity index (χ4n) is 2.19. The number of nitrogens with one attached hydrogen (secondary N) is 1. The Balaban J connectivity index is 2.89. The molecule has 0 amide bonds. The fraction of sp³-hybridized carbons (Fsp3) is 0.625. The molecule has 18 heavy (non-hydrogen) atoms. The molecular formula is C16H27NO. The first kappa shape index (κ1) is 15.0. The maximum Gasteiger partial charge on any atom is 0.124 e. The molecule has 102 valence electrons. The molecule has 1 aromatic rings. The second-order valence-corrected chi connectivity index (χ2v) is 4.83. The molecule has 1 rings (SSSR count). The van der Waals surface area contributed by atoms with E-state index in [-0.39, 0.29) is 0 Å². The molecule has 2 atom stereocenters. The zero-order valence-corrected chi connectivity index (χ0v) is 12.2. The molecule has 2 unspecified atom stereocenters. The van der Waals surface area contributed by atoms with Crippen LogP contribution in [0.15, 0.2) is 24.3 Å². The van der Waals surface area contributed by atoms with Crippen LogP contribution < -0.4 is 10.1 Å². The Hall–Kier alpha value is -1.02. The lowest BCUT2D eigenvalue weighted by Crippen LogP contribution is -2.23. The molecule has 0 aliphatic heterocycles. The molecule has 2 heteroatoms. The first-order valence-electron chi connectivity index (χ1n) is 7.17. The van der Waals surface area contributed by atoms with Crippen molar-refractivity contribution in [3.63, 3.8) is 0 Å². The Labute approximate surface area is 112 Å². The number of rotatable bonds is 8. The molecule has 2 nitrogen and oxygen atoms in total. The summed E-state index contributed by atoms with van der Waals surface area (Å²) in [5, 5.41) is 3.58. The molecule has 0 saturated carbocycles. The van der Waals surface area contributed by atoms with Crippen molar-refractivity contribution in [3.05, 3.63) is 29.8 Å². The van der Waals surface area contributed by atoms with E-state index in [9.17, 15) is 0 Å². The molecule has 0 aliphatic rings. The minimum Gasteiger partial charge on any atom is -0.494 e. The summed E-state index contributed by atoms with van der Waals surface area (Å²) >= 11 is 0. The van der Waals surface area contributed by atoms with E-state index in [2.05, 4.69) is 44.3 Å². The molecule has 0 radical (unpaired) electrons. The van der Waals surface area contributed by atoms with Crippen molar-refractivity contribution in [1.29, 1.82) is 0 Å². The lowest BCUT2D eigenvalue weighted by molar-refractivity contribution is 0.325. The van der Waals surface area contributed by atoms with E-state index in [4.69, 9.17) is 4.74 Å². The second-order valence-electron chi connectivity index (χ2n) is 4.83. The van der Waals surface area contributed by atoms with E-state index < -0.39 is 0 Å². The quantitative estimate of drug-likeness (QED) is 0.746. The van der Waals surface area contributed by atoms with Gasteiger partial charge in [0.25, 0.3) is 0 Å². The predicted octanol–water partition coefficient (Wildman–Crippen LogP) is 4.17. The van der Waals surface area contributed by atoms with Crippen molar-refractivity contribution >= 4 is 0 Å². The number of hydrogen-bond donors (Lipinski definition) is 1.